The second kappa shape index (κ2) is 8.95. The Balaban J connectivity index is 1.57. The zero-order valence-corrected chi connectivity index (χ0v) is 19.5. The van der Waals surface area contributed by atoms with Gasteiger partial charge < -0.3 is 21.3 Å². The summed E-state index contributed by atoms with van der Waals surface area (Å²) in [7, 11) is 3.66. The fourth-order valence-electron chi connectivity index (χ4n) is 3.43. The van der Waals surface area contributed by atoms with Crippen LogP contribution in [0.15, 0.2) is 42.5 Å². The van der Waals surface area contributed by atoms with E-state index in [2.05, 4.69) is 25.6 Å². The van der Waals surface area contributed by atoms with Crippen LogP contribution < -0.4 is 21.3 Å². The van der Waals surface area contributed by atoms with Crippen LogP contribution in [-0.2, 0) is 6.18 Å². The number of alkyl halides is 3. The predicted octanol–water partition coefficient (Wildman–Crippen LogP) is 5.09. The fraction of sp³-hybridized carbons (Fsp3) is 0.182. The number of halogens is 4. The Morgan fingerprint density at radius 1 is 1.03 bits per heavy atom. The van der Waals surface area contributed by atoms with Crippen molar-refractivity contribution in [1.82, 2.24) is 19.5 Å². The molecule has 2 amide bonds. The van der Waals surface area contributed by atoms with Crippen molar-refractivity contribution in [3.63, 3.8) is 0 Å². The van der Waals surface area contributed by atoms with E-state index in [0.717, 1.165) is 12.1 Å². The van der Waals surface area contributed by atoms with Crippen molar-refractivity contribution in [3.05, 3.63) is 58.9 Å². The smallest absolute Gasteiger partial charge is 0.382 e. The van der Waals surface area contributed by atoms with Gasteiger partial charge in [-0.2, -0.15) is 13.2 Å². The highest BCUT2D eigenvalue weighted by atomic mass is 35.5. The number of benzene rings is 2. The van der Waals surface area contributed by atoms with Crippen LogP contribution in [0.5, 0.6) is 0 Å². The topological polar surface area (TPSA) is 114 Å². The first kappa shape index (κ1) is 24.1. The van der Waals surface area contributed by atoms with Crippen molar-refractivity contribution in [2.45, 2.75) is 13.1 Å². The number of nitrogen functional groups attached to an aromatic ring is 1. The van der Waals surface area contributed by atoms with Crippen molar-refractivity contribution in [2.24, 2.45) is 0 Å². The van der Waals surface area contributed by atoms with E-state index in [1.165, 1.54) is 6.07 Å². The first-order valence-corrected chi connectivity index (χ1v) is 10.6. The summed E-state index contributed by atoms with van der Waals surface area (Å²) in [4.78, 5) is 27.3. The second-order valence-electron chi connectivity index (χ2n) is 7.79. The van der Waals surface area contributed by atoms with Gasteiger partial charge >= 0.3 is 12.2 Å². The number of nitrogens with zero attached hydrogens (tertiary/aromatic N) is 5. The van der Waals surface area contributed by atoms with Crippen molar-refractivity contribution >= 4 is 51.9 Å². The summed E-state index contributed by atoms with van der Waals surface area (Å²) in [6.07, 6.45) is -4.64. The minimum Gasteiger partial charge on any atom is -0.382 e. The largest absolute Gasteiger partial charge is 0.417 e. The molecule has 0 fully saturated rings. The number of nitrogens with one attached hydrogen (secondary N) is 2. The normalized spacial score (nSPS) is 11.5. The number of hydrogen-bond acceptors (Lipinski definition) is 6. The maximum Gasteiger partial charge on any atom is 0.417 e. The summed E-state index contributed by atoms with van der Waals surface area (Å²) in [5, 5.41) is 4.50. The number of carbonyl (C=O) groups excluding carboxylic acids is 1. The van der Waals surface area contributed by atoms with E-state index in [1.54, 1.807) is 40.7 Å². The Morgan fingerprint density at radius 2 is 1.66 bits per heavy atom. The number of fused-ring (bicyclic) bond motifs is 1. The van der Waals surface area contributed by atoms with Crippen LogP contribution in [0.1, 0.15) is 11.4 Å². The summed E-state index contributed by atoms with van der Waals surface area (Å²) in [6, 6.07) is 9.16. The molecule has 0 saturated carbocycles. The summed E-state index contributed by atoms with van der Waals surface area (Å²) >= 11 is 5.62. The number of nitrogens with two attached hydrogens (primary N) is 1. The number of imidazole rings is 1. The number of anilines is 4. The molecule has 4 rings (SSSR count). The van der Waals surface area contributed by atoms with Crippen LogP contribution in [0.2, 0.25) is 5.02 Å². The first-order chi connectivity index (χ1) is 16.4. The molecule has 13 heteroatoms. The standard InChI is InChI=1S/C22H20ClF3N8O/c1-11-28-18(27)17-19(29-11)34(21(32-17)33(2)3)14-7-4-12(5-8-14)30-20(35)31-13-6-9-16(23)15(10-13)22(24,25)26/h4-10H,1-3H3,(H2,27,28,29)(H2,30,31,35). The first-order valence-electron chi connectivity index (χ1n) is 10.2. The highest BCUT2D eigenvalue weighted by Gasteiger charge is 2.33. The lowest BCUT2D eigenvalue weighted by molar-refractivity contribution is -0.137. The van der Waals surface area contributed by atoms with E-state index in [9.17, 15) is 18.0 Å². The lowest BCUT2D eigenvalue weighted by Gasteiger charge is -2.15. The van der Waals surface area contributed by atoms with Gasteiger partial charge in [0, 0.05) is 25.5 Å². The third-order valence-corrected chi connectivity index (χ3v) is 5.27. The lowest BCUT2D eigenvalue weighted by Crippen LogP contribution is -2.20. The summed E-state index contributed by atoms with van der Waals surface area (Å²) in [5.41, 5.74) is 7.05. The van der Waals surface area contributed by atoms with Gasteiger partial charge in [0.05, 0.1) is 16.3 Å². The van der Waals surface area contributed by atoms with Crippen molar-refractivity contribution in [1.29, 1.82) is 0 Å². The van der Waals surface area contributed by atoms with E-state index in [1.807, 2.05) is 14.1 Å². The molecule has 0 unspecified atom stereocenters. The number of aryl methyl sites for hydroxylation is 1. The van der Waals surface area contributed by atoms with E-state index in [4.69, 9.17) is 17.3 Å². The summed E-state index contributed by atoms with van der Waals surface area (Å²) in [6.45, 7) is 1.73. The number of rotatable bonds is 4. The molecule has 2 aromatic carbocycles. The number of aromatic nitrogens is 4. The number of hydrogen-bond donors (Lipinski definition) is 3. The minimum atomic E-state index is -4.64. The van der Waals surface area contributed by atoms with Crippen molar-refractivity contribution in [2.75, 3.05) is 35.4 Å². The van der Waals surface area contributed by atoms with E-state index in [-0.39, 0.29) is 11.5 Å². The maximum atomic E-state index is 13.1. The summed E-state index contributed by atoms with van der Waals surface area (Å²) < 4.78 is 41.0. The quantitative estimate of drug-likeness (QED) is 0.357. The molecule has 0 atom stereocenters. The number of amides is 2. The van der Waals surface area contributed by atoms with E-state index in [0.29, 0.717) is 34.3 Å². The van der Waals surface area contributed by atoms with Crippen molar-refractivity contribution < 1.29 is 18.0 Å². The molecule has 0 spiro atoms. The van der Waals surface area contributed by atoms with Gasteiger partial charge in [-0.15, -0.1) is 0 Å². The molecule has 0 aliphatic carbocycles. The summed E-state index contributed by atoms with van der Waals surface area (Å²) in [5.74, 6) is 1.33. The molecule has 2 aromatic heterocycles. The molecule has 2 heterocycles. The number of urea groups is 1. The molecule has 0 aliphatic rings. The van der Waals surface area contributed by atoms with Gasteiger partial charge in [-0.05, 0) is 49.4 Å². The zero-order chi connectivity index (χ0) is 25.5. The Kier molecular flexibility index (Phi) is 6.15. The van der Waals surface area contributed by atoms with Crippen LogP contribution in [0.4, 0.5) is 41.1 Å². The second-order valence-corrected chi connectivity index (χ2v) is 8.20. The molecular formula is C22H20ClF3N8O. The van der Waals surface area contributed by atoms with Gasteiger partial charge in [0.25, 0.3) is 0 Å². The van der Waals surface area contributed by atoms with Crippen molar-refractivity contribution in [3.8, 4) is 5.69 Å². The van der Waals surface area contributed by atoms with Crippen LogP contribution in [0.3, 0.4) is 0 Å². The third kappa shape index (κ3) is 4.92. The van der Waals surface area contributed by atoms with E-state index < -0.39 is 22.8 Å². The van der Waals surface area contributed by atoms with E-state index >= 15 is 0 Å². The van der Waals surface area contributed by atoms with Gasteiger partial charge in [0.15, 0.2) is 17.0 Å². The average molecular weight is 505 g/mol. The van der Waals surface area contributed by atoms with Gasteiger partial charge in [-0.1, -0.05) is 11.6 Å². The van der Waals surface area contributed by atoms with Crippen LogP contribution >= 0.6 is 11.6 Å². The molecule has 0 aliphatic heterocycles. The van der Waals surface area contributed by atoms with Gasteiger partial charge in [0.1, 0.15) is 5.82 Å². The number of carbonyl (C=O) groups is 1. The Morgan fingerprint density at radius 3 is 2.29 bits per heavy atom. The molecule has 0 saturated heterocycles. The Bertz CT molecular complexity index is 1420. The molecule has 0 radical (unpaired) electrons. The maximum absolute atomic E-state index is 13.1. The molecule has 9 nitrogen and oxygen atoms in total. The van der Waals surface area contributed by atoms with Crippen LogP contribution in [0.25, 0.3) is 16.9 Å². The average Bonchev–Trinajstić information content (AvgIpc) is 3.15. The van der Waals surface area contributed by atoms with Crippen LogP contribution in [-0.4, -0.2) is 39.6 Å². The molecule has 4 N–H and O–H groups in total. The van der Waals surface area contributed by atoms with Gasteiger partial charge in [-0.3, -0.25) is 4.57 Å². The SMILES string of the molecule is Cc1nc(N)c2nc(N(C)C)n(-c3ccc(NC(=O)Nc4ccc(Cl)c(C(F)(F)F)c4)cc3)c2n1. The fourth-order valence-corrected chi connectivity index (χ4v) is 3.65. The van der Waals surface area contributed by atoms with Crippen LogP contribution in [0, 0.1) is 6.92 Å². The molecule has 4 aromatic rings. The van der Waals surface area contributed by atoms with Gasteiger partial charge in [-0.25, -0.2) is 19.7 Å². The highest BCUT2D eigenvalue weighted by molar-refractivity contribution is 6.31. The predicted molar refractivity (Wildman–Crippen MR) is 129 cm³/mol. The monoisotopic (exact) mass is 504 g/mol. The zero-order valence-electron chi connectivity index (χ0n) is 18.8. The lowest BCUT2D eigenvalue weighted by atomic mass is 10.2. The van der Waals surface area contributed by atoms with Gasteiger partial charge in [0.2, 0.25) is 5.95 Å². The molecular weight excluding hydrogens is 485 g/mol. The molecule has 182 valence electrons. The molecule has 0 bridgehead atoms. The molecule has 35 heavy (non-hydrogen) atoms. The highest BCUT2D eigenvalue weighted by Crippen LogP contribution is 2.36. The Labute approximate surface area is 202 Å². The Hall–Kier alpha value is -4.06. The minimum absolute atomic E-state index is 0.0519. The third-order valence-electron chi connectivity index (χ3n) is 4.94.